The van der Waals surface area contributed by atoms with Crippen LogP contribution in [0, 0.1) is 0 Å². The zero-order chi connectivity index (χ0) is 19.7. The highest BCUT2D eigenvalue weighted by Gasteiger charge is 2.33. The molecule has 1 aliphatic heterocycles. The van der Waals surface area contributed by atoms with E-state index >= 15 is 0 Å². The molecule has 0 aromatic heterocycles. The van der Waals surface area contributed by atoms with Gasteiger partial charge in [-0.15, -0.1) is 0 Å². The Labute approximate surface area is 165 Å². The van der Waals surface area contributed by atoms with E-state index in [0.29, 0.717) is 19.4 Å². The zero-order valence-corrected chi connectivity index (χ0v) is 17.2. The van der Waals surface area contributed by atoms with Gasteiger partial charge in [0.15, 0.2) is 0 Å². The van der Waals surface area contributed by atoms with E-state index in [4.69, 9.17) is 5.11 Å². The van der Waals surface area contributed by atoms with E-state index in [-0.39, 0.29) is 5.91 Å². The van der Waals surface area contributed by atoms with Crippen molar-refractivity contribution in [2.75, 3.05) is 6.54 Å². The summed E-state index contributed by atoms with van der Waals surface area (Å²) in [5.74, 6) is -0.841. The quantitative estimate of drug-likeness (QED) is 0.286. The molecular formula is C23H39NO3. The van der Waals surface area contributed by atoms with Gasteiger partial charge in [0.25, 0.3) is 0 Å². The number of allylic oxidation sites excluding steroid dienone is 4. The summed E-state index contributed by atoms with van der Waals surface area (Å²) in [5, 5.41) is 9.13. The van der Waals surface area contributed by atoms with Crippen molar-refractivity contribution in [2.45, 2.75) is 103 Å². The number of rotatable bonds is 15. The average molecular weight is 378 g/mol. The van der Waals surface area contributed by atoms with Crippen LogP contribution in [0.3, 0.4) is 0 Å². The first kappa shape index (κ1) is 23.5. The summed E-state index contributed by atoms with van der Waals surface area (Å²) in [4.78, 5) is 24.8. The van der Waals surface area contributed by atoms with Crippen molar-refractivity contribution in [1.82, 2.24) is 4.90 Å². The fourth-order valence-corrected chi connectivity index (χ4v) is 3.55. The summed E-state index contributed by atoms with van der Waals surface area (Å²) in [6.07, 6.45) is 23.8. The van der Waals surface area contributed by atoms with E-state index in [0.717, 1.165) is 38.5 Å². The number of carbonyl (C=O) groups is 2. The summed E-state index contributed by atoms with van der Waals surface area (Å²) >= 11 is 0. The Hall–Kier alpha value is -1.58. The van der Waals surface area contributed by atoms with E-state index in [1.807, 2.05) is 0 Å². The van der Waals surface area contributed by atoms with Gasteiger partial charge in [0.1, 0.15) is 6.04 Å². The Bertz CT molecular complexity index is 470. The van der Waals surface area contributed by atoms with E-state index in [1.54, 1.807) is 4.90 Å². The Morgan fingerprint density at radius 3 is 2.22 bits per heavy atom. The summed E-state index contributed by atoms with van der Waals surface area (Å²) < 4.78 is 0. The van der Waals surface area contributed by atoms with Crippen molar-refractivity contribution in [3.05, 3.63) is 24.3 Å². The molecule has 0 saturated carbocycles. The van der Waals surface area contributed by atoms with Crippen LogP contribution in [-0.2, 0) is 9.59 Å². The number of carboxylic acid groups (broad SMARTS) is 1. The molecule has 1 saturated heterocycles. The van der Waals surface area contributed by atoms with Crippen LogP contribution in [0.4, 0.5) is 0 Å². The SMILES string of the molecule is CCCCCC=CCC=CCCCCCCCC(=O)N1CCCC1C(=O)O. The molecule has 1 amide bonds. The van der Waals surface area contributed by atoms with E-state index in [1.165, 1.54) is 38.5 Å². The van der Waals surface area contributed by atoms with Crippen molar-refractivity contribution in [1.29, 1.82) is 0 Å². The number of hydrogen-bond acceptors (Lipinski definition) is 2. The fraction of sp³-hybridized carbons (Fsp3) is 0.739. The summed E-state index contributed by atoms with van der Waals surface area (Å²) in [6.45, 7) is 2.84. The van der Waals surface area contributed by atoms with Crippen molar-refractivity contribution >= 4 is 11.9 Å². The van der Waals surface area contributed by atoms with Gasteiger partial charge in [0, 0.05) is 13.0 Å². The number of hydrogen-bond donors (Lipinski definition) is 1. The topological polar surface area (TPSA) is 57.6 Å². The van der Waals surface area contributed by atoms with Gasteiger partial charge in [-0.25, -0.2) is 4.79 Å². The number of nitrogens with zero attached hydrogens (tertiary/aromatic N) is 1. The number of unbranched alkanes of at least 4 members (excludes halogenated alkanes) is 8. The van der Waals surface area contributed by atoms with Gasteiger partial charge in [0.05, 0.1) is 0 Å². The molecule has 0 radical (unpaired) electrons. The number of aliphatic carboxylic acids is 1. The molecule has 4 heteroatoms. The molecule has 1 heterocycles. The Balaban J connectivity index is 1.93. The second-order valence-electron chi connectivity index (χ2n) is 7.56. The molecule has 0 aromatic rings. The number of carboxylic acids is 1. The molecule has 1 unspecified atom stereocenters. The highest BCUT2D eigenvalue weighted by atomic mass is 16.4. The molecule has 27 heavy (non-hydrogen) atoms. The molecule has 0 spiro atoms. The molecule has 1 aliphatic rings. The second kappa shape index (κ2) is 15.5. The molecule has 1 atom stereocenters. The third-order valence-electron chi connectivity index (χ3n) is 5.20. The summed E-state index contributed by atoms with van der Waals surface area (Å²) in [6, 6.07) is -0.588. The Morgan fingerprint density at radius 1 is 0.926 bits per heavy atom. The van der Waals surface area contributed by atoms with Crippen LogP contribution in [0.1, 0.15) is 96.8 Å². The number of likely N-dealkylation sites (tertiary alicyclic amines) is 1. The summed E-state index contributed by atoms with van der Waals surface area (Å²) in [7, 11) is 0. The number of amides is 1. The molecular weight excluding hydrogens is 338 g/mol. The predicted octanol–water partition coefficient (Wildman–Crippen LogP) is 5.88. The van der Waals surface area contributed by atoms with E-state index in [9.17, 15) is 9.59 Å². The molecule has 1 rings (SSSR count). The highest BCUT2D eigenvalue weighted by Crippen LogP contribution is 2.19. The lowest BCUT2D eigenvalue weighted by molar-refractivity contribution is -0.148. The largest absolute Gasteiger partial charge is 0.480 e. The first-order valence-electron chi connectivity index (χ1n) is 11.0. The van der Waals surface area contributed by atoms with Crippen LogP contribution < -0.4 is 0 Å². The maximum absolute atomic E-state index is 12.1. The van der Waals surface area contributed by atoms with E-state index < -0.39 is 12.0 Å². The van der Waals surface area contributed by atoms with Gasteiger partial charge in [-0.05, 0) is 51.4 Å². The van der Waals surface area contributed by atoms with Crippen LogP contribution >= 0.6 is 0 Å². The van der Waals surface area contributed by atoms with Gasteiger partial charge in [-0.2, -0.15) is 0 Å². The van der Waals surface area contributed by atoms with Crippen LogP contribution in [0.2, 0.25) is 0 Å². The minimum Gasteiger partial charge on any atom is -0.480 e. The first-order chi connectivity index (χ1) is 13.2. The standard InChI is InChI=1S/C23H39NO3/c1-2-3-4-5-6-7-8-9-10-11-12-13-14-15-16-19-22(25)24-20-17-18-21(24)23(26)27/h6-7,9-10,21H,2-5,8,11-20H2,1H3,(H,26,27). The second-order valence-corrected chi connectivity index (χ2v) is 7.56. The normalized spacial score (nSPS) is 17.4. The molecule has 0 aliphatic carbocycles. The maximum atomic E-state index is 12.1. The number of carbonyl (C=O) groups excluding carboxylic acids is 1. The minimum absolute atomic E-state index is 0.0191. The average Bonchev–Trinajstić information content (AvgIpc) is 3.15. The zero-order valence-electron chi connectivity index (χ0n) is 17.2. The van der Waals surface area contributed by atoms with Gasteiger partial charge in [-0.1, -0.05) is 63.3 Å². The maximum Gasteiger partial charge on any atom is 0.326 e. The lowest BCUT2D eigenvalue weighted by Crippen LogP contribution is -2.40. The molecule has 1 N–H and O–H groups in total. The molecule has 4 nitrogen and oxygen atoms in total. The molecule has 1 fully saturated rings. The third-order valence-corrected chi connectivity index (χ3v) is 5.20. The highest BCUT2D eigenvalue weighted by molar-refractivity contribution is 5.84. The van der Waals surface area contributed by atoms with Crippen LogP contribution in [-0.4, -0.2) is 34.5 Å². The minimum atomic E-state index is -0.860. The molecule has 0 aromatic carbocycles. The summed E-state index contributed by atoms with van der Waals surface area (Å²) in [5.41, 5.74) is 0. The Kier molecular flexibility index (Phi) is 13.4. The first-order valence-corrected chi connectivity index (χ1v) is 11.0. The van der Waals surface area contributed by atoms with Crippen LogP contribution in [0.15, 0.2) is 24.3 Å². The van der Waals surface area contributed by atoms with Gasteiger partial charge < -0.3 is 10.0 Å². The van der Waals surface area contributed by atoms with Crippen molar-refractivity contribution in [2.24, 2.45) is 0 Å². The van der Waals surface area contributed by atoms with Crippen molar-refractivity contribution in [3.63, 3.8) is 0 Å². The fourth-order valence-electron chi connectivity index (χ4n) is 3.55. The van der Waals surface area contributed by atoms with Crippen LogP contribution in [0.5, 0.6) is 0 Å². The molecule has 0 bridgehead atoms. The lowest BCUT2D eigenvalue weighted by atomic mass is 10.1. The smallest absolute Gasteiger partial charge is 0.326 e. The van der Waals surface area contributed by atoms with Gasteiger partial charge >= 0.3 is 5.97 Å². The Morgan fingerprint density at radius 2 is 1.56 bits per heavy atom. The lowest BCUT2D eigenvalue weighted by Gasteiger charge is -2.21. The van der Waals surface area contributed by atoms with Crippen LogP contribution in [0.25, 0.3) is 0 Å². The predicted molar refractivity (Wildman–Crippen MR) is 112 cm³/mol. The molecule has 154 valence electrons. The van der Waals surface area contributed by atoms with Gasteiger partial charge in [-0.3, -0.25) is 4.79 Å². The monoisotopic (exact) mass is 377 g/mol. The van der Waals surface area contributed by atoms with Crippen molar-refractivity contribution in [3.8, 4) is 0 Å². The van der Waals surface area contributed by atoms with E-state index in [2.05, 4.69) is 31.2 Å². The van der Waals surface area contributed by atoms with Crippen molar-refractivity contribution < 1.29 is 14.7 Å². The van der Waals surface area contributed by atoms with Gasteiger partial charge in [0.2, 0.25) is 5.91 Å². The third kappa shape index (κ3) is 11.0.